The van der Waals surface area contributed by atoms with Gasteiger partial charge >= 0.3 is 0 Å². The van der Waals surface area contributed by atoms with Crippen LogP contribution in [0.3, 0.4) is 0 Å². The lowest BCUT2D eigenvalue weighted by atomic mass is 10.2. The van der Waals surface area contributed by atoms with Crippen molar-refractivity contribution in [3.63, 3.8) is 0 Å². The number of aliphatic imine (C=N–C) groups is 1. The van der Waals surface area contributed by atoms with Crippen LogP contribution >= 0.6 is 0 Å². The fraction of sp³-hybridized carbons (Fsp3) is 0.176. The molecule has 0 aromatic heterocycles. The highest BCUT2D eigenvalue weighted by atomic mass is 16.2. The van der Waals surface area contributed by atoms with E-state index in [0.29, 0.717) is 17.2 Å². The first kappa shape index (κ1) is 14.1. The summed E-state index contributed by atoms with van der Waals surface area (Å²) in [5.74, 6) is 0.467. The van der Waals surface area contributed by atoms with Crippen molar-refractivity contribution in [3.8, 4) is 0 Å². The van der Waals surface area contributed by atoms with Gasteiger partial charge in [0.05, 0.1) is 5.69 Å². The molecule has 0 atom stereocenters. The van der Waals surface area contributed by atoms with Gasteiger partial charge in [-0.2, -0.15) is 0 Å². The SMILES string of the molecule is O=C(c1ccccc1)N(NC1=NCCCN1)c1c[c]ccc1. The minimum absolute atomic E-state index is 0.143. The number of amides is 1. The van der Waals surface area contributed by atoms with Gasteiger partial charge in [-0.15, -0.1) is 0 Å². The fourth-order valence-electron chi connectivity index (χ4n) is 2.18. The molecule has 1 amide bonds. The van der Waals surface area contributed by atoms with E-state index in [1.54, 1.807) is 24.3 Å². The van der Waals surface area contributed by atoms with Gasteiger partial charge < -0.3 is 5.32 Å². The molecule has 111 valence electrons. The van der Waals surface area contributed by atoms with Crippen molar-refractivity contribution < 1.29 is 4.79 Å². The minimum Gasteiger partial charge on any atom is -0.355 e. The number of nitrogens with one attached hydrogen (secondary N) is 2. The van der Waals surface area contributed by atoms with Gasteiger partial charge in [-0.05, 0) is 36.8 Å². The molecular formula is C17H17N4O. The van der Waals surface area contributed by atoms with Crippen molar-refractivity contribution in [3.05, 3.63) is 66.2 Å². The lowest BCUT2D eigenvalue weighted by molar-refractivity contribution is 0.0980. The number of carbonyl (C=O) groups excluding carboxylic acids is 1. The number of nitrogens with zero attached hydrogens (tertiary/aromatic N) is 2. The smallest absolute Gasteiger partial charge is 0.277 e. The van der Waals surface area contributed by atoms with Gasteiger partial charge in [0.25, 0.3) is 5.91 Å². The Labute approximate surface area is 129 Å². The van der Waals surface area contributed by atoms with Gasteiger partial charge in [-0.3, -0.25) is 15.2 Å². The first-order chi connectivity index (χ1) is 10.8. The molecule has 2 aromatic rings. The quantitative estimate of drug-likeness (QED) is 0.833. The summed E-state index contributed by atoms with van der Waals surface area (Å²) in [5.41, 5.74) is 4.39. The minimum atomic E-state index is -0.143. The summed E-state index contributed by atoms with van der Waals surface area (Å²) in [6.07, 6.45) is 0.997. The molecule has 1 heterocycles. The highest BCUT2D eigenvalue weighted by Crippen LogP contribution is 2.14. The zero-order valence-corrected chi connectivity index (χ0v) is 12.1. The van der Waals surface area contributed by atoms with E-state index >= 15 is 0 Å². The Morgan fingerprint density at radius 2 is 2.09 bits per heavy atom. The van der Waals surface area contributed by atoms with Crippen LogP contribution < -0.4 is 15.8 Å². The van der Waals surface area contributed by atoms with Crippen molar-refractivity contribution in [2.75, 3.05) is 18.1 Å². The van der Waals surface area contributed by atoms with Gasteiger partial charge in [0.1, 0.15) is 0 Å². The summed E-state index contributed by atoms with van der Waals surface area (Å²) < 4.78 is 0. The molecule has 22 heavy (non-hydrogen) atoms. The third-order valence-electron chi connectivity index (χ3n) is 3.29. The average molecular weight is 293 g/mol. The molecule has 3 rings (SSSR count). The first-order valence-electron chi connectivity index (χ1n) is 7.25. The van der Waals surface area contributed by atoms with Crippen molar-refractivity contribution in [2.24, 2.45) is 4.99 Å². The molecule has 0 unspecified atom stereocenters. The van der Waals surface area contributed by atoms with Crippen LogP contribution in [0.25, 0.3) is 0 Å². The third-order valence-corrected chi connectivity index (χ3v) is 3.29. The number of hydrazine groups is 1. The summed E-state index contributed by atoms with van der Waals surface area (Å²) in [7, 11) is 0. The van der Waals surface area contributed by atoms with Crippen molar-refractivity contribution in [2.45, 2.75) is 6.42 Å². The molecule has 2 aromatic carbocycles. The normalized spacial score (nSPS) is 13.7. The van der Waals surface area contributed by atoms with Gasteiger partial charge in [0.15, 0.2) is 0 Å². The van der Waals surface area contributed by atoms with E-state index in [0.717, 1.165) is 19.5 Å². The van der Waals surface area contributed by atoms with Crippen LogP contribution in [-0.2, 0) is 0 Å². The van der Waals surface area contributed by atoms with Crippen LogP contribution in [-0.4, -0.2) is 25.0 Å². The van der Waals surface area contributed by atoms with Crippen LogP contribution in [0.4, 0.5) is 5.69 Å². The van der Waals surface area contributed by atoms with Gasteiger partial charge in [0, 0.05) is 18.7 Å². The molecule has 0 saturated heterocycles. The van der Waals surface area contributed by atoms with E-state index in [2.05, 4.69) is 21.8 Å². The molecular weight excluding hydrogens is 276 g/mol. The lowest BCUT2D eigenvalue weighted by Gasteiger charge is -2.26. The molecule has 0 bridgehead atoms. The van der Waals surface area contributed by atoms with E-state index < -0.39 is 0 Å². The number of hydrogen-bond donors (Lipinski definition) is 2. The molecule has 1 aliphatic rings. The summed E-state index contributed by atoms with van der Waals surface area (Å²) in [6, 6.07) is 19.4. The number of hydrogen-bond acceptors (Lipinski definition) is 4. The predicted molar refractivity (Wildman–Crippen MR) is 86.6 cm³/mol. The van der Waals surface area contributed by atoms with E-state index in [-0.39, 0.29) is 5.91 Å². The second kappa shape index (κ2) is 6.76. The Morgan fingerprint density at radius 1 is 1.23 bits per heavy atom. The maximum Gasteiger partial charge on any atom is 0.277 e. The van der Waals surface area contributed by atoms with Gasteiger partial charge in [-0.25, -0.2) is 5.01 Å². The van der Waals surface area contributed by atoms with Crippen molar-refractivity contribution in [1.29, 1.82) is 0 Å². The Bertz CT molecular complexity index is 655. The summed E-state index contributed by atoms with van der Waals surface area (Å²) in [4.78, 5) is 17.1. The van der Waals surface area contributed by atoms with Crippen LogP contribution in [0.5, 0.6) is 0 Å². The zero-order chi connectivity index (χ0) is 15.2. The highest BCUT2D eigenvalue weighted by Gasteiger charge is 2.19. The van der Waals surface area contributed by atoms with Crippen molar-refractivity contribution in [1.82, 2.24) is 10.7 Å². The van der Waals surface area contributed by atoms with Crippen LogP contribution in [0, 0.1) is 6.07 Å². The van der Waals surface area contributed by atoms with Crippen LogP contribution in [0.15, 0.2) is 59.6 Å². The van der Waals surface area contributed by atoms with E-state index in [4.69, 9.17) is 0 Å². The predicted octanol–water partition coefficient (Wildman–Crippen LogP) is 1.99. The molecule has 1 aliphatic heterocycles. The second-order valence-electron chi connectivity index (χ2n) is 4.89. The average Bonchev–Trinajstić information content (AvgIpc) is 2.61. The number of anilines is 1. The first-order valence-corrected chi connectivity index (χ1v) is 7.25. The lowest BCUT2D eigenvalue weighted by Crippen LogP contribution is -2.52. The number of rotatable bonds is 2. The molecule has 5 nitrogen and oxygen atoms in total. The number of carbonyl (C=O) groups is 1. The number of guanidine groups is 1. The van der Waals surface area contributed by atoms with Crippen LogP contribution in [0.1, 0.15) is 16.8 Å². The van der Waals surface area contributed by atoms with E-state index in [1.165, 1.54) is 5.01 Å². The van der Waals surface area contributed by atoms with Crippen LogP contribution in [0.2, 0.25) is 0 Å². The molecule has 0 aliphatic carbocycles. The second-order valence-corrected chi connectivity index (χ2v) is 4.89. The molecule has 0 saturated carbocycles. The molecule has 1 radical (unpaired) electrons. The highest BCUT2D eigenvalue weighted by molar-refractivity contribution is 6.07. The van der Waals surface area contributed by atoms with E-state index in [1.807, 2.05) is 30.3 Å². The Balaban J connectivity index is 1.89. The summed E-state index contributed by atoms with van der Waals surface area (Å²) >= 11 is 0. The summed E-state index contributed by atoms with van der Waals surface area (Å²) in [5, 5.41) is 4.65. The van der Waals surface area contributed by atoms with Gasteiger partial charge in [0.2, 0.25) is 5.96 Å². The third kappa shape index (κ3) is 3.25. The van der Waals surface area contributed by atoms with E-state index in [9.17, 15) is 4.79 Å². The standard InChI is InChI=1S/C17H17N4O/c22-16(14-8-3-1-4-9-14)21(15-10-5-2-6-11-15)20-17-18-12-7-13-19-17/h1-5,8-11H,7,12-13H2,(H2,18,19,20). The van der Waals surface area contributed by atoms with Crippen molar-refractivity contribution >= 4 is 17.6 Å². The molecule has 2 N–H and O–H groups in total. The topological polar surface area (TPSA) is 56.7 Å². The van der Waals surface area contributed by atoms with Gasteiger partial charge in [-0.1, -0.05) is 30.3 Å². The molecule has 5 heteroatoms. The fourth-order valence-corrected chi connectivity index (χ4v) is 2.18. The molecule has 0 spiro atoms. The number of benzene rings is 2. The Hall–Kier alpha value is -2.82. The maximum absolute atomic E-state index is 12.8. The molecule has 0 fully saturated rings. The Morgan fingerprint density at radius 3 is 2.77 bits per heavy atom. The Kier molecular flexibility index (Phi) is 4.34. The largest absolute Gasteiger partial charge is 0.355 e. The zero-order valence-electron chi connectivity index (χ0n) is 12.1. The monoisotopic (exact) mass is 293 g/mol. The summed E-state index contributed by atoms with van der Waals surface area (Å²) in [6.45, 7) is 1.60. The maximum atomic E-state index is 12.8.